The maximum Gasteiger partial charge on any atom is 0.241 e. The smallest absolute Gasteiger partial charge is 0.241 e. The number of nitrogens with one attached hydrogen (secondary N) is 2. The normalized spacial score (nSPS) is 16.6. The maximum atomic E-state index is 13.0. The largest absolute Gasteiger partial charge is 0.364 e. The quantitative estimate of drug-likeness (QED) is 0.658. The van der Waals surface area contributed by atoms with Crippen molar-refractivity contribution in [2.45, 2.75) is 62.3 Å². The van der Waals surface area contributed by atoms with Gasteiger partial charge in [-0.05, 0) is 50.3 Å². The molecule has 1 aliphatic rings. The monoisotopic (exact) mass is 405 g/mol. The van der Waals surface area contributed by atoms with Gasteiger partial charge in [-0.15, -0.1) is 0 Å². The fourth-order valence-corrected chi connectivity index (χ4v) is 5.17. The molecule has 0 unspecified atom stereocenters. The minimum Gasteiger partial charge on any atom is -0.364 e. The molecular formula is C20H27N3O4S. The highest BCUT2D eigenvalue weighted by Gasteiger charge is 2.42. The van der Waals surface area contributed by atoms with E-state index in [0.717, 1.165) is 43.2 Å². The van der Waals surface area contributed by atoms with Crippen LogP contribution in [0.4, 0.5) is 0 Å². The Morgan fingerprint density at radius 1 is 1.25 bits per heavy atom. The van der Waals surface area contributed by atoms with E-state index in [9.17, 15) is 13.2 Å². The van der Waals surface area contributed by atoms with E-state index in [1.807, 2.05) is 13.0 Å². The highest BCUT2D eigenvalue weighted by Crippen LogP contribution is 2.30. The predicted molar refractivity (Wildman–Crippen MR) is 105 cm³/mol. The van der Waals surface area contributed by atoms with Gasteiger partial charge in [0.15, 0.2) is 0 Å². The van der Waals surface area contributed by atoms with Crippen LogP contribution in [0.25, 0.3) is 0 Å². The number of nitrogens with zero attached hydrogens (tertiary/aromatic N) is 1. The summed E-state index contributed by atoms with van der Waals surface area (Å²) in [4.78, 5) is 13.2. The highest BCUT2D eigenvalue weighted by atomic mass is 32.2. The second-order valence-corrected chi connectivity index (χ2v) is 9.14. The summed E-state index contributed by atoms with van der Waals surface area (Å²) in [7, 11) is -3.78. The van der Waals surface area contributed by atoms with E-state index < -0.39 is 15.6 Å². The fourth-order valence-electron chi connectivity index (χ4n) is 3.64. The van der Waals surface area contributed by atoms with Crippen LogP contribution in [-0.4, -0.2) is 31.6 Å². The van der Waals surface area contributed by atoms with Crippen molar-refractivity contribution in [3.63, 3.8) is 0 Å². The van der Waals surface area contributed by atoms with Crippen LogP contribution >= 0.6 is 0 Å². The van der Waals surface area contributed by atoms with Crippen molar-refractivity contribution in [3.05, 3.63) is 47.9 Å². The Kier molecular flexibility index (Phi) is 6.51. The standard InChI is InChI=1S/C20H27N3O4S/c1-16-7-5-9-18(13-16)28(25,26)23-20(10-3-2-4-11-20)19(24)21-12-6-8-17-14-22-27-15-17/h5,7,9,13-15,23H,2-4,6,8,10-12H2,1H3,(H,21,24). The average Bonchev–Trinajstić information content (AvgIpc) is 3.19. The summed E-state index contributed by atoms with van der Waals surface area (Å²) in [5, 5.41) is 6.58. The molecule has 2 aromatic rings. The van der Waals surface area contributed by atoms with Crippen LogP contribution in [0.15, 0.2) is 46.1 Å². The van der Waals surface area contributed by atoms with Gasteiger partial charge in [-0.1, -0.05) is 36.6 Å². The molecule has 1 aliphatic carbocycles. The van der Waals surface area contributed by atoms with E-state index in [1.54, 1.807) is 30.7 Å². The summed E-state index contributed by atoms with van der Waals surface area (Å²) < 4.78 is 33.4. The molecule has 0 saturated heterocycles. The lowest BCUT2D eigenvalue weighted by atomic mass is 9.82. The van der Waals surface area contributed by atoms with Crippen LogP contribution < -0.4 is 10.0 Å². The lowest BCUT2D eigenvalue weighted by Crippen LogP contribution is -2.59. The Hall–Kier alpha value is -2.19. The third-order valence-corrected chi connectivity index (χ3v) is 6.72. The lowest BCUT2D eigenvalue weighted by molar-refractivity contribution is -0.128. The molecule has 1 aromatic carbocycles. The molecule has 3 rings (SSSR count). The van der Waals surface area contributed by atoms with Gasteiger partial charge < -0.3 is 9.84 Å². The summed E-state index contributed by atoms with van der Waals surface area (Å²) in [6, 6.07) is 6.73. The van der Waals surface area contributed by atoms with Crippen molar-refractivity contribution in [3.8, 4) is 0 Å². The van der Waals surface area contributed by atoms with Crippen LogP contribution in [0.3, 0.4) is 0 Å². The second-order valence-electron chi connectivity index (χ2n) is 7.46. The van der Waals surface area contributed by atoms with Crippen LogP contribution in [0.1, 0.15) is 49.7 Å². The number of aryl methyl sites for hydroxylation is 2. The number of rotatable bonds is 8. The van der Waals surface area contributed by atoms with Gasteiger partial charge in [0.25, 0.3) is 0 Å². The first-order chi connectivity index (χ1) is 13.4. The molecule has 0 bridgehead atoms. The fraction of sp³-hybridized carbons (Fsp3) is 0.500. The lowest BCUT2D eigenvalue weighted by Gasteiger charge is -2.36. The van der Waals surface area contributed by atoms with Crippen molar-refractivity contribution < 1.29 is 17.7 Å². The third-order valence-electron chi connectivity index (χ3n) is 5.18. The molecule has 0 spiro atoms. The topological polar surface area (TPSA) is 101 Å². The molecule has 1 saturated carbocycles. The summed E-state index contributed by atoms with van der Waals surface area (Å²) in [6.07, 6.45) is 8.38. The van der Waals surface area contributed by atoms with Gasteiger partial charge in [-0.2, -0.15) is 4.72 Å². The zero-order valence-electron chi connectivity index (χ0n) is 16.1. The van der Waals surface area contributed by atoms with Crippen LogP contribution in [0.2, 0.25) is 0 Å². The number of hydrogen-bond donors (Lipinski definition) is 2. The van der Waals surface area contributed by atoms with Gasteiger partial charge in [0, 0.05) is 12.1 Å². The first kappa shape index (κ1) is 20.5. The summed E-state index contributed by atoms with van der Waals surface area (Å²) >= 11 is 0. The molecule has 1 aromatic heterocycles. The molecule has 28 heavy (non-hydrogen) atoms. The van der Waals surface area contributed by atoms with Crippen molar-refractivity contribution in [1.29, 1.82) is 0 Å². The highest BCUT2D eigenvalue weighted by molar-refractivity contribution is 7.89. The number of sulfonamides is 1. The molecule has 8 heteroatoms. The Morgan fingerprint density at radius 3 is 2.71 bits per heavy atom. The Balaban J connectivity index is 1.68. The molecule has 152 valence electrons. The minimum atomic E-state index is -3.78. The van der Waals surface area contributed by atoms with Gasteiger partial charge in [0.2, 0.25) is 15.9 Å². The van der Waals surface area contributed by atoms with Gasteiger partial charge in [0.1, 0.15) is 11.8 Å². The number of carbonyl (C=O) groups is 1. The van der Waals surface area contributed by atoms with Gasteiger partial charge >= 0.3 is 0 Å². The SMILES string of the molecule is Cc1cccc(S(=O)(=O)NC2(C(=O)NCCCc3cnoc3)CCCCC2)c1. The predicted octanol–water partition coefficient (Wildman–Crippen LogP) is 2.71. The molecule has 2 N–H and O–H groups in total. The number of hydrogen-bond acceptors (Lipinski definition) is 5. The number of amides is 1. The zero-order valence-corrected chi connectivity index (χ0v) is 16.9. The number of benzene rings is 1. The van der Waals surface area contributed by atoms with Crippen LogP contribution in [-0.2, 0) is 21.2 Å². The van der Waals surface area contributed by atoms with E-state index >= 15 is 0 Å². The van der Waals surface area contributed by atoms with E-state index in [2.05, 4.69) is 15.2 Å². The molecule has 0 atom stereocenters. The number of aromatic nitrogens is 1. The van der Waals surface area contributed by atoms with E-state index in [0.29, 0.717) is 19.4 Å². The zero-order chi connectivity index (χ0) is 20.0. The van der Waals surface area contributed by atoms with Crippen LogP contribution in [0.5, 0.6) is 0 Å². The number of carbonyl (C=O) groups excluding carboxylic acids is 1. The first-order valence-corrected chi connectivity index (χ1v) is 11.2. The van der Waals surface area contributed by atoms with Crippen molar-refractivity contribution in [2.24, 2.45) is 0 Å². The average molecular weight is 406 g/mol. The molecule has 0 radical (unpaired) electrons. The first-order valence-electron chi connectivity index (χ1n) is 9.69. The van der Waals surface area contributed by atoms with Crippen molar-refractivity contribution in [1.82, 2.24) is 15.2 Å². The Labute approximate surface area is 165 Å². The van der Waals surface area contributed by atoms with E-state index in [1.165, 1.54) is 0 Å². The molecule has 0 aliphatic heterocycles. The third kappa shape index (κ3) is 4.99. The van der Waals surface area contributed by atoms with Gasteiger partial charge in [0.05, 0.1) is 11.1 Å². The van der Waals surface area contributed by atoms with Crippen molar-refractivity contribution >= 4 is 15.9 Å². The van der Waals surface area contributed by atoms with Crippen molar-refractivity contribution in [2.75, 3.05) is 6.54 Å². The molecule has 1 heterocycles. The Bertz CT molecular complexity index is 888. The molecule has 1 amide bonds. The van der Waals surface area contributed by atoms with Crippen LogP contribution in [0, 0.1) is 6.92 Å². The van der Waals surface area contributed by atoms with E-state index in [4.69, 9.17) is 4.52 Å². The molecule has 1 fully saturated rings. The van der Waals surface area contributed by atoms with Gasteiger partial charge in [-0.3, -0.25) is 4.79 Å². The van der Waals surface area contributed by atoms with Gasteiger partial charge in [-0.25, -0.2) is 8.42 Å². The minimum absolute atomic E-state index is 0.192. The second kappa shape index (κ2) is 8.87. The summed E-state index contributed by atoms with van der Waals surface area (Å²) in [5.41, 5.74) is 0.749. The molecular weight excluding hydrogens is 378 g/mol. The summed E-state index contributed by atoms with van der Waals surface area (Å²) in [5.74, 6) is -0.242. The maximum absolute atomic E-state index is 13.0. The Morgan fingerprint density at radius 2 is 2.04 bits per heavy atom. The van der Waals surface area contributed by atoms with E-state index in [-0.39, 0.29) is 10.8 Å². The molecule has 7 nitrogen and oxygen atoms in total. The summed E-state index contributed by atoms with van der Waals surface area (Å²) in [6.45, 7) is 2.32.